The van der Waals surface area contributed by atoms with Crippen LogP contribution in [0, 0.1) is 26.8 Å². The predicted molar refractivity (Wildman–Crippen MR) is 163 cm³/mol. The number of fused-ring (bicyclic) bond motifs is 3. The van der Waals surface area contributed by atoms with Crippen molar-refractivity contribution in [3.8, 4) is 11.1 Å². The van der Waals surface area contributed by atoms with E-state index in [-0.39, 0.29) is 35.6 Å². The van der Waals surface area contributed by atoms with Crippen LogP contribution in [-0.4, -0.2) is 3.21 Å². The van der Waals surface area contributed by atoms with Crippen LogP contribution < -0.4 is 24.8 Å². The molecule has 0 radical (unpaired) electrons. The molecule has 0 heterocycles. The van der Waals surface area contributed by atoms with Crippen LogP contribution in [0.25, 0.3) is 11.1 Å². The van der Waals surface area contributed by atoms with Gasteiger partial charge < -0.3 is 24.8 Å². The molecule has 0 nitrogen and oxygen atoms in total. The average Bonchev–Trinajstić information content (AvgIpc) is 3.35. The van der Waals surface area contributed by atoms with Gasteiger partial charge in [-0.2, -0.15) is 46.5 Å². The van der Waals surface area contributed by atoms with Crippen molar-refractivity contribution in [1.82, 2.24) is 0 Å². The normalized spacial score (nSPS) is 11.4. The van der Waals surface area contributed by atoms with E-state index < -0.39 is 0 Å². The third kappa shape index (κ3) is 9.72. The van der Waals surface area contributed by atoms with Crippen molar-refractivity contribution >= 4 is 3.21 Å². The largest absolute Gasteiger partial charge is 1.00 e. The Morgan fingerprint density at radius 2 is 1.38 bits per heavy atom. The van der Waals surface area contributed by atoms with Crippen LogP contribution in [0.4, 0.5) is 0 Å². The summed E-state index contributed by atoms with van der Waals surface area (Å²) in [5.74, 6) is 0. The molecule has 0 amide bonds. The number of benzene rings is 3. The molecule has 0 saturated heterocycles. The zero-order valence-electron chi connectivity index (χ0n) is 25.9. The fraction of sp³-hybridized carbons (Fsp3) is 0.351. The van der Waals surface area contributed by atoms with Gasteiger partial charge in [0.2, 0.25) is 0 Å². The number of halogens is 2. The van der Waals surface area contributed by atoms with E-state index in [0.717, 1.165) is 6.42 Å². The fourth-order valence-corrected chi connectivity index (χ4v) is 5.08. The second kappa shape index (κ2) is 15.0. The van der Waals surface area contributed by atoms with E-state index >= 15 is 0 Å². The Morgan fingerprint density at radius 1 is 0.775 bits per heavy atom. The fourth-order valence-electron chi connectivity index (χ4n) is 4.67. The summed E-state index contributed by atoms with van der Waals surface area (Å²) in [7, 11) is 0. The summed E-state index contributed by atoms with van der Waals surface area (Å²) >= 11 is 1.51. The molecular formula is C37H44Cl2Zr-2. The molecule has 4 aromatic rings. The molecule has 0 N–H and O–H groups in total. The van der Waals surface area contributed by atoms with E-state index in [1.54, 1.807) is 0 Å². The van der Waals surface area contributed by atoms with Gasteiger partial charge in [-0.25, -0.2) is 6.07 Å². The van der Waals surface area contributed by atoms with Crippen LogP contribution >= 0.6 is 0 Å². The molecule has 1 aliphatic rings. The SMILES string of the molecule is CC(C)(C)c1[c-]c2c(cc1)-c1ccc(C(C)(C)C)cc1C2.C[C](=[Zr+2])c1ccccc1.Cc1cc(C)c(C)[cH-]1.[Cl-].[Cl-]. The van der Waals surface area contributed by atoms with E-state index in [1.807, 2.05) is 6.07 Å². The van der Waals surface area contributed by atoms with Crippen molar-refractivity contribution in [1.29, 1.82) is 0 Å². The predicted octanol–water partition coefficient (Wildman–Crippen LogP) is 3.77. The minimum absolute atomic E-state index is 0. The first-order valence-electron chi connectivity index (χ1n) is 13.7. The second-order valence-electron chi connectivity index (χ2n) is 12.7. The van der Waals surface area contributed by atoms with Gasteiger partial charge in [-0.15, -0.1) is 11.1 Å². The van der Waals surface area contributed by atoms with Gasteiger partial charge in [-0.3, -0.25) is 0 Å². The summed E-state index contributed by atoms with van der Waals surface area (Å²) in [5.41, 5.74) is 14.3. The summed E-state index contributed by atoms with van der Waals surface area (Å²) < 4.78 is 1.46. The molecule has 4 aromatic carbocycles. The van der Waals surface area contributed by atoms with Crippen molar-refractivity contribution in [3.63, 3.8) is 0 Å². The molecule has 5 rings (SSSR count). The monoisotopic (exact) mass is 648 g/mol. The third-order valence-corrected chi connectivity index (χ3v) is 7.89. The summed E-state index contributed by atoms with van der Waals surface area (Å²) in [6.07, 6.45) is 1.03. The van der Waals surface area contributed by atoms with E-state index in [1.165, 1.54) is 83.1 Å². The van der Waals surface area contributed by atoms with E-state index in [2.05, 4.69) is 142 Å². The Kier molecular flexibility index (Phi) is 13.6. The number of aryl methyl sites for hydroxylation is 3. The minimum atomic E-state index is 0. The maximum absolute atomic E-state index is 3.67. The van der Waals surface area contributed by atoms with Crippen LogP contribution in [0.3, 0.4) is 0 Å². The maximum atomic E-state index is 3.67. The van der Waals surface area contributed by atoms with Gasteiger partial charge in [0, 0.05) is 0 Å². The third-order valence-electron chi connectivity index (χ3n) is 7.18. The molecule has 0 spiro atoms. The molecule has 0 bridgehead atoms. The smallest absolute Gasteiger partial charge is 0.0632 e. The first kappa shape index (κ1) is 36.4. The van der Waals surface area contributed by atoms with Gasteiger partial charge in [-0.05, 0) is 28.4 Å². The summed E-state index contributed by atoms with van der Waals surface area (Å²) in [6.45, 7) is 22.2. The van der Waals surface area contributed by atoms with Gasteiger partial charge in [0.05, 0.1) is 0 Å². The zero-order chi connectivity index (χ0) is 28.3. The number of rotatable bonds is 1. The molecule has 212 valence electrons. The quantitative estimate of drug-likeness (QED) is 0.243. The maximum Gasteiger partial charge on any atom is -0.0632 e. The number of hydrogen-bond donors (Lipinski definition) is 0. The first-order valence-corrected chi connectivity index (χ1v) is 14.9. The van der Waals surface area contributed by atoms with Crippen LogP contribution in [-0.2, 0) is 41.5 Å². The zero-order valence-corrected chi connectivity index (χ0v) is 29.9. The topological polar surface area (TPSA) is 0 Å². The van der Waals surface area contributed by atoms with Crippen molar-refractivity contribution in [2.75, 3.05) is 0 Å². The second-order valence-corrected chi connectivity index (χ2v) is 14.5. The van der Waals surface area contributed by atoms with Crippen LogP contribution in [0.2, 0.25) is 0 Å². The molecule has 0 aliphatic heterocycles. The van der Waals surface area contributed by atoms with E-state index in [0.29, 0.717) is 0 Å². The molecular weight excluding hydrogens is 607 g/mol. The van der Waals surface area contributed by atoms with E-state index in [4.69, 9.17) is 0 Å². The summed E-state index contributed by atoms with van der Waals surface area (Å²) in [5, 5.41) is 0. The molecule has 1 aliphatic carbocycles. The Labute approximate surface area is 271 Å². The molecule has 0 unspecified atom stereocenters. The first-order chi connectivity index (χ1) is 17.7. The standard InChI is InChI=1S/C21H25.C8H11.C8H8.2ClH.Zr/c1-20(2,3)16-7-9-18-14(12-16)11-15-13-17(21(4,5)6)8-10-19(15)18;1-6-4-7(2)8(3)5-6;1-2-8-6-4-3-5-7-8;;;/h7-10,12H,11H2,1-6H3;4-5H,1-3H3;3-7H,1H3;2*1H;/q2*-1;;;;+2/p-2. The molecule has 0 fully saturated rings. The minimum Gasteiger partial charge on any atom is -1.00 e. The average molecular weight is 651 g/mol. The van der Waals surface area contributed by atoms with Crippen molar-refractivity contribution in [3.05, 3.63) is 123 Å². The molecule has 3 heteroatoms. The van der Waals surface area contributed by atoms with Crippen molar-refractivity contribution < 1.29 is 49.0 Å². The van der Waals surface area contributed by atoms with E-state index in [9.17, 15) is 0 Å². The van der Waals surface area contributed by atoms with Crippen LogP contribution in [0.1, 0.15) is 93.0 Å². The Balaban J connectivity index is 0.000000350. The van der Waals surface area contributed by atoms with Crippen molar-refractivity contribution in [2.24, 2.45) is 0 Å². The van der Waals surface area contributed by atoms with Gasteiger partial charge in [0.1, 0.15) is 0 Å². The van der Waals surface area contributed by atoms with Gasteiger partial charge in [0.15, 0.2) is 0 Å². The summed E-state index contributed by atoms with van der Waals surface area (Å²) in [4.78, 5) is 0. The molecule has 0 saturated carbocycles. The van der Waals surface area contributed by atoms with Gasteiger partial charge in [-0.1, -0.05) is 86.1 Å². The van der Waals surface area contributed by atoms with Crippen LogP contribution in [0.5, 0.6) is 0 Å². The number of hydrogen-bond acceptors (Lipinski definition) is 0. The molecule has 0 atom stereocenters. The molecule has 0 aromatic heterocycles. The van der Waals surface area contributed by atoms with Crippen LogP contribution in [0.15, 0.2) is 72.8 Å². The Hall–Kier alpha value is -1.66. The Bertz CT molecular complexity index is 1320. The van der Waals surface area contributed by atoms with Gasteiger partial charge in [0.25, 0.3) is 0 Å². The molecule has 40 heavy (non-hydrogen) atoms. The Morgan fingerprint density at radius 3 is 1.80 bits per heavy atom. The van der Waals surface area contributed by atoms with Crippen molar-refractivity contribution in [2.45, 2.75) is 86.5 Å². The van der Waals surface area contributed by atoms with Gasteiger partial charge >= 0.3 is 70.3 Å². The summed E-state index contributed by atoms with van der Waals surface area (Å²) in [6, 6.07) is 30.1.